The zero-order valence-electron chi connectivity index (χ0n) is 11.5. The van der Waals surface area contributed by atoms with Crippen LogP contribution < -0.4 is 14.8 Å². The van der Waals surface area contributed by atoms with Gasteiger partial charge in [-0.15, -0.1) is 0 Å². The summed E-state index contributed by atoms with van der Waals surface area (Å²) < 4.78 is 10.6. The van der Waals surface area contributed by atoms with Gasteiger partial charge in [0.15, 0.2) is 0 Å². The van der Waals surface area contributed by atoms with Gasteiger partial charge in [-0.2, -0.15) is 0 Å². The summed E-state index contributed by atoms with van der Waals surface area (Å²) in [6.07, 6.45) is -0.622. The van der Waals surface area contributed by atoms with E-state index in [-0.39, 0.29) is 12.5 Å². The van der Waals surface area contributed by atoms with Crippen molar-refractivity contribution in [3.63, 3.8) is 0 Å². The van der Waals surface area contributed by atoms with Crippen LogP contribution in [0.25, 0.3) is 0 Å². The number of amides is 1. The Morgan fingerprint density at radius 1 is 1.35 bits per heavy atom. The van der Waals surface area contributed by atoms with Gasteiger partial charge in [0.2, 0.25) is 5.91 Å². The molecule has 0 aromatic heterocycles. The van der Waals surface area contributed by atoms with Crippen LogP contribution in [-0.2, 0) is 4.79 Å². The van der Waals surface area contributed by atoms with Crippen LogP contribution in [0.2, 0.25) is 0 Å². The van der Waals surface area contributed by atoms with Crippen molar-refractivity contribution in [1.82, 2.24) is 10.2 Å². The van der Waals surface area contributed by atoms with Crippen LogP contribution in [-0.4, -0.2) is 61.9 Å². The van der Waals surface area contributed by atoms with Gasteiger partial charge in [0.1, 0.15) is 24.2 Å². The van der Waals surface area contributed by atoms with E-state index in [1.807, 2.05) is 4.90 Å². The Bertz CT molecular complexity index is 435. The lowest BCUT2D eigenvalue weighted by Crippen LogP contribution is -2.50. The number of ether oxygens (including phenoxy) is 2. The molecule has 0 saturated carbocycles. The van der Waals surface area contributed by atoms with Crippen LogP contribution in [0.3, 0.4) is 0 Å². The standard InChI is InChI=1S/C14H20N2O4/c1-19-12-2-4-13(5-3-12)20-10-11(17)8-16-7-6-15-14(18)9-16/h2-5,11,17H,6-10H2,1H3,(H,15,18). The molecule has 1 aliphatic rings. The highest BCUT2D eigenvalue weighted by molar-refractivity contribution is 5.78. The molecule has 6 nitrogen and oxygen atoms in total. The number of nitrogens with one attached hydrogen (secondary N) is 1. The minimum absolute atomic E-state index is 0.000442. The number of nitrogens with zero attached hydrogens (tertiary/aromatic N) is 1. The Labute approximate surface area is 118 Å². The van der Waals surface area contributed by atoms with Crippen molar-refractivity contribution in [1.29, 1.82) is 0 Å². The summed E-state index contributed by atoms with van der Waals surface area (Å²) in [7, 11) is 1.61. The number of carbonyl (C=O) groups excluding carboxylic acids is 1. The molecule has 1 heterocycles. The molecule has 1 saturated heterocycles. The van der Waals surface area contributed by atoms with Gasteiger partial charge in [-0.1, -0.05) is 0 Å². The Balaban J connectivity index is 1.73. The molecule has 1 atom stereocenters. The van der Waals surface area contributed by atoms with Crippen molar-refractivity contribution in [2.24, 2.45) is 0 Å². The van der Waals surface area contributed by atoms with E-state index in [2.05, 4.69) is 5.32 Å². The maximum Gasteiger partial charge on any atom is 0.234 e. The average molecular weight is 280 g/mol. The molecule has 110 valence electrons. The van der Waals surface area contributed by atoms with E-state index in [9.17, 15) is 9.90 Å². The fraction of sp³-hybridized carbons (Fsp3) is 0.500. The van der Waals surface area contributed by atoms with Gasteiger partial charge in [-0.3, -0.25) is 9.69 Å². The van der Waals surface area contributed by atoms with Gasteiger partial charge < -0.3 is 19.9 Å². The highest BCUT2D eigenvalue weighted by Crippen LogP contribution is 2.17. The highest BCUT2D eigenvalue weighted by atomic mass is 16.5. The number of piperazine rings is 1. The number of β-amino-alcohol motifs (C(OH)–C–C–N with tert-alkyl or cyclic N) is 1. The normalized spacial score (nSPS) is 17.4. The molecule has 1 aromatic rings. The molecular formula is C14H20N2O4. The highest BCUT2D eigenvalue weighted by Gasteiger charge is 2.19. The van der Waals surface area contributed by atoms with Crippen LogP contribution in [0.1, 0.15) is 0 Å². The minimum Gasteiger partial charge on any atom is -0.497 e. The van der Waals surface area contributed by atoms with Gasteiger partial charge in [0.25, 0.3) is 0 Å². The second kappa shape index (κ2) is 7.12. The maximum atomic E-state index is 11.2. The molecular weight excluding hydrogens is 260 g/mol. The van der Waals surface area contributed by atoms with Crippen molar-refractivity contribution >= 4 is 5.91 Å². The lowest BCUT2D eigenvalue weighted by atomic mass is 10.3. The molecule has 0 bridgehead atoms. The Morgan fingerprint density at radius 2 is 2.05 bits per heavy atom. The Kier molecular flexibility index (Phi) is 5.20. The molecule has 6 heteroatoms. The van der Waals surface area contributed by atoms with E-state index >= 15 is 0 Å². The predicted octanol–water partition coefficient (Wildman–Crippen LogP) is -0.133. The zero-order chi connectivity index (χ0) is 14.4. The first-order valence-electron chi connectivity index (χ1n) is 6.61. The quantitative estimate of drug-likeness (QED) is 0.759. The molecule has 1 fully saturated rings. The van der Waals surface area contributed by atoms with Crippen LogP contribution in [0.15, 0.2) is 24.3 Å². The SMILES string of the molecule is COc1ccc(OCC(O)CN2CCNC(=O)C2)cc1. The summed E-state index contributed by atoms with van der Waals surface area (Å²) in [5.41, 5.74) is 0. The summed E-state index contributed by atoms with van der Waals surface area (Å²) in [4.78, 5) is 13.1. The fourth-order valence-corrected chi connectivity index (χ4v) is 2.06. The monoisotopic (exact) mass is 280 g/mol. The lowest BCUT2D eigenvalue weighted by molar-refractivity contribution is -0.124. The molecule has 0 aliphatic carbocycles. The first-order valence-corrected chi connectivity index (χ1v) is 6.61. The van der Waals surface area contributed by atoms with Crippen molar-refractivity contribution in [3.05, 3.63) is 24.3 Å². The summed E-state index contributed by atoms with van der Waals surface area (Å²) in [5, 5.41) is 12.7. The predicted molar refractivity (Wildman–Crippen MR) is 73.9 cm³/mol. The van der Waals surface area contributed by atoms with Gasteiger partial charge in [-0.25, -0.2) is 0 Å². The molecule has 1 unspecified atom stereocenters. The van der Waals surface area contributed by atoms with E-state index in [1.54, 1.807) is 31.4 Å². The third-order valence-electron chi connectivity index (χ3n) is 3.09. The zero-order valence-corrected chi connectivity index (χ0v) is 11.5. The van der Waals surface area contributed by atoms with Crippen LogP contribution in [0.5, 0.6) is 11.5 Å². The number of rotatable bonds is 6. The van der Waals surface area contributed by atoms with E-state index in [1.165, 1.54) is 0 Å². The Hall–Kier alpha value is -1.79. The molecule has 1 aromatic carbocycles. The summed E-state index contributed by atoms with van der Waals surface area (Å²) in [6.45, 7) is 2.35. The topological polar surface area (TPSA) is 71.0 Å². The second-order valence-corrected chi connectivity index (χ2v) is 4.73. The molecule has 0 radical (unpaired) electrons. The van der Waals surface area contributed by atoms with Crippen LogP contribution in [0.4, 0.5) is 0 Å². The van der Waals surface area contributed by atoms with Gasteiger partial charge in [0.05, 0.1) is 13.7 Å². The Morgan fingerprint density at radius 3 is 2.70 bits per heavy atom. The third kappa shape index (κ3) is 4.40. The second-order valence-electron chi connectivity index (χ2n) is 4.73. The number of carbonyl (C=O) groups is 1. The smallest absolute Gasteiger partial charge is 0.234 e. The first kappa shape index (κ1) is 14.6. The maximum absolute atomic E-state index is 11.2. The van der Waals surface area contributed by atoms with Crippen LogP contribution >= 0.6 is 0 Å². The van der Waals surface area contributed by atoms with Gasteiger partial charge >= 0.3 is 0 Å². The number of aliphatic hydroxyl groups excluding tert-OH is 1. The first-order chi connectivity index (χ1) is 9.67. The molecule has 1 amide bonds. The minimum atomic E-state index is -0.622. The summed E-state index contributed by atoms with van der Waals surface area (Å²) in [5.74, 6) is 1.44. The van der Waals surface area contributed by atoms with Crippen molar-refractivity contribution < 1.29 is 19.4 Å². The van der Waals surface area contributed by atoms with Crippen molar-refractivity contribution in [3.8, 4) is 11.5 Å². The lowest BCUT2D eigenvalue weighted by Gasteiger charge is -2.28. The van der Waals surface area contributed by atoms with Crippen molar-refractivity contribution in [2.75, 3.05) is 39.9 Å². The number of benzene rings is 1. The van der Waals surface area contributed by atoms with E-state index in [4.69, 9.17) is 9.47 Å². The van der Waals surface area contributed by atoms with E-state index in [0.717, 1.165) is 12.3 Å². The van der Waals surface area contributed by atoms with Gasteiger partial charge in [-0.05, 0) is 24.3 Å². The third-order valence-corrected chi connectivity index (χ3v) is 3.09. The average Bonchev–Trinajstić information content (AvgIpc) is 2.46. The number of hydrogen-bond donors (Lipinski definition) is 2. The largest absolute Gasteiger partial charge is 0.497 e. The van der Waals surface area contributed by atoms with Crippen molar-refractivity contribution in [2.45, 2.75) is 6.10 Å². The number of hydrogen-bond acceptors (Lipinski definition) is 5. The molecule has 2 N–H and O–H groups in total. The van der Waals surface area contributed by atoms with Crippen LogP contribution in [0, 0.1) is 0 Å². The van der Waals surface area contributed by atoms with E-state index in [0.29, 0.717) is 25.4 Å². The number of aliphatic hydroxyl groups is 1. The molecule has 0 spiro atoms. The molecule has 2 rings (SSSR count). The fourth-order valence-electron chi connectivity index (χ4n) is 2.06. The summed E-state index contributed by atoms with van der Waals surface area (Å²) >= 11 is 0. The van der Waals surface area contributed by atoms with Gasteiger partial charge in [0, 0.05) is 19.6 Å². The number of methoxy groups -OCH3 is 1. The molecule has 20 heavy (non-hydrogen) atoms. The summed E-state index contributed by atoms with van der Waals surface area (Å²) in [6, 6.07) is 7.19. The molecule has 1 aliphatic heterocycles. The van der Waals surface area contributed by atoms with E-state index < -0.39 is 6.10 Å².